The zero-order valence-corrected chi connectivity index (χ0v) is 12.2. The van der Waals surface area contributed by atoms with E-state index in [0.29, 0.717) is 16.4 Å². The molecule has 0 saturated heterocycles. The highest BCUT2D eigenvalue weighted by atomic mass is 32.1. The summed E-state index contributed by atoms with van der Waals surface area (Å²) in [6, 6.07) is 9.81. The van der Waals surface area contributed by atoms with Crippen LogP contribution in [0, 0.1) is 6.92 Å². The number of nitrogens with one attached hydrogen (secondary N) is 1. The first-order valence-electron chi connectivity index (χ1n) is 6.20. The van der Waals surface area contributed by atoms with Crippen molar-refractivity contribution < 1.29 is 4.79 Å². The summed E-state index contributed by atoms with van der Waals surface area (Å²) >= 11 is 4.85. The Bertz CT molecular complexity index is 737. The van der Waals surface area contributed by atoms with Gasteiger partial charge in [0.15, 0.2) is 0 Å². The molecule has 21 heavy (non-hydrogen) atoms. The van der Waals surface area contributed by atoms with Gasteiger partial charge in [0, 0.05) is 17.3 Å². The lowest BCUT2D eigenvalue weighted by Gasteiger charge is -2.07. The van der Waals surface area contributed by atoms with Crippen LogP contribution in [0.2, 0.25) is 0 Å². The topological polar surface area (TPSA) is 90.0 Å². The fourth-order valence-corrected chi connectivity index (χ4v) is 1.85. The number of nitrogens with two attached hydrogens (primary N) is 1. The normalized spacial score (nSPS) is 10.1. The highest BCUT2D eigenvalue weighted by Gasteiger charge is 2.06. The molecule has 0 aliphatic carbocycles. The van der Waals surface area contributed by atoms with Crippen LogP contribution in [0.3, 0.4) is 0 Å². The summed E-state index contributed by atoms with van der Waals surface area (Å²) in [5, 5.41) is 6.68. The Morgan fingerprint density at radius 3 is 2.57 bits per heavy atom. The van der Waals surface area contributed by atoms with Gasteiger partial charge in [0.1, 0.15) is 11.5 Å². The van der Waals surface area contributed by atoms with Crippen LogP contribution >= 0.6 is 12.2 Å². The minimum Gasteiger partial charge on any atom is -0.389 e. The lowest BCUT2D eigenvalue weighted by molar-refractivity contribution is -0.117. The number of thiocarbonyl (C=S) groups is 1. The van der Waals surface area contributed by atoms with Crippen molar-refractivity contribution in [1.29, 1.82) is 0 Å². The molecule has 2 rings (SSSR count). The lowest BCUT2D eigenvalue weighted by Crippen LogP contribution is -2.29. The van der Waals surface area contributed by atoms with Gasteiger partial charge in [-0.1, -0.05) is 12.2 Å². The molecule has 0 fully saturated rings. The van der Waals surface area contributed by atoms with Crippen LogP contribution < -0.4 is 16.6 Å². The van der Waals surface area contributed by atoms with Gasteiger partial charge in [0.2, 0.25) is 5.91 Å². The molecule has 0 unspecified atom stereocenters. The summed E-state index contributed by atoms with van der Waals surface area (Å²) in [4.78, 5) is 23.8. The second-order valence-electron chi connectivity index (χ2n) is 4.46. The zero-order chi connectivity index (χ0) is 15.4. The Kier molecular flexibility index (Phi) is 4.44. The molecule has 1 aromatic heterocycles. The third-order valence-corrected chi connectivity index (χ3v) is 2.98. The quantitative estimate of drug-likeness (QED) is 0.816. The first-order chi connectivity index (χ1) is 9.95. The van der Waals surface area contributed by atoms with Crippen molar-refractivity contribution in [1.82, 2.24) is 9.78 Å². The van der Waals surface area contributed by atoms with Crippen LogP contribution in [-0.4, -0.2) is 20.7 Å². The number of carbonyl (C=O) groups is 1. The van der Waals surface area contributed by atoms with Gasteiger partial charge in [-0.3, -0.25) is 9.59 Å². The van der Waals surface area contributed by atoms with E-state index in [1.807, 2.05) is 0 Å². The Labute approximate surface area is 126 Å². The predicted octanol–water partition coefficient (Wildman–Crippen LogP) is 0.825. The molecule has 7 heteroatoms. The van der Waals surface area contributed by atoms with Gasteiger partial charge in [0.25, 0.3) is 5.56 Å². The number of anilines is 1. The summed E-state index contributed by atoms with van der Waals surface area (Å²) in [6.45, 7) is 1.61. The predicted molar refractivity (Wildman–Crippen MR) is 84.2 cm³/mol. The number of rotatable bonds is 4. The highest BCUT2D eigenvalue weighted by Crippen LogP contribution is 2.09. The second kappa shape index (κ2) is 6.27. The summed E-state index contributed by atoms with van der Waals surface area (Å²) in [5.74, 6) is -0.335. The van der Waals surface area contributed by atoms with Gasteiger partial charge in [-0.25, -0.2) is 4.68 Å². The third kappa shape index (κ3) is 3.96. The van der Waals surface area contributed by atoms with E-state index >= 15 is 0 Å². The van der Waals surface area contributed by atoms with Crippen LogP contribution in [0.15, 0.2) is 41.2 Å². The number of aryl methyl sites for hydroxylation is 1. The van der Waals surface area contributed by atoms with Crippen molar-refractivity contribution in [3.8, 4) is 0 Å². The molecule has 0 saturated carbocycles. The fourth-order valence-electron chi connectivity index (χ4n) is 1.72. The molecule has 0 aliphatic rings. The summed E-state index contributed by atoms with van der Waals surface area (Å²) in [7, 11) is 0. The number of benzene rings is 1. The maximum atomic E-state index is 11.9. The maximum absolute atomic E-state index is 11.9. The van der Waals surface area contributed by atoms with Gasteiger partial charge in [0.05, 0.1) is 5.69 Å². The molecule has 0 aliphatic heterocycles. The maximum Gasteiger partial charge on any atom is 0.267 e. The lowest BCUT2D eigenvalue weighted by atomic mass is 10.2. The van der Waals surface area contributed by atoms with Crippen LogP contribution in [0.4, 0.5) is 5.69 Å². The average molecular weight is 302 g/mol. The van der Waals surface area contributed by atoms with Gasteiger partial charge in [-0.05, 0) is 37.3 Å². The summed E-state index contributed by atoms with van der Waals surface area (Å²) in [5.41, 5.74) is 7.17. The molecule has 0 spiro atoms. The second-order valence-corrected chi connectivity index (χ2v) is 4.90. The largest absolute Gasteiger partial charge is 0.389 e. The van der Waals surface area contributed by atoms with Crippen LogP contribution in [0.1, 0.15) is 11.3 Å². The Balaban J connectivity index is 2.06. The van der Waals surface area contributed by atoms with E-state index in [-0.39, 0.29) is 18.0 Å². The minimum atomic E-state index is -0.335. The summed E-state index contributed by atoms with van der Waals surface area (Å²) < 4.78 is 1.12. The third-order valence-electron chi connectivity index (χ3n) is 2.75. The van der Waals surface area contributed by atoms with Crippen molar-refractivity contribution in [2.24, 2.45) is 5.73 Å². The SMILES string of the molecule is Cc1ccc(=O)n(CC(=O)Nc2ccc(C(N)=S)cc2)n1. The van der Waals surface area contributed by atoms with Gasteiger partial charge in [-0.15, -0.1) is 0 Å². The molecule has 0 bridgehead atoms. The average Bonchev–Trinajstić information content (AvgIpc) is 2.43. The molecule has 0 radical (unpaired) electrons. The number of hydrogen-bond donors (Lipinski definition) is 2. The van der Waals surface area contributed by atoms with Gasteiger partial charge < -0.3 is 11.1 Å². The van der Waals surface area contributed by atoms with Crippen molar-refractivity contribution in [3.05, 3.63) is 58.0 Å². The number of aromatic nitrogens is 2. The van der Waals surface area contributed by atoms with E-state index in [4.69, 9.17) is 18.0 Å². The van der Waals surface area contributed by atoms with E-state index in [2.05, 4.69) is 10.4 Å². The zero-order valence-electron chi connectivity index (χ0n) is 11.4. The number of hydrogen-bond acceptors (Lipinski definition) is 4. The van der Waals surface area contributed by atoms with Crippen molar-refractivity contribution in [3.63, 3.8) is 0 Å². The van der Waals surface area contributed by atoms with Crippen LogP contribution in [0.25, 0.3) is 0 Å². The molecular formula is C14H14N4O2S. The summed E-state index contributed by atoms with van der Waals surface area (Å²) in [6.07, 6.45) is 0. The monoisotopic (exact) mass is 302 g/mol. The first-order valence-corrected chi connectivity index (χ1v) is 6.61. The van der Waals surface area contributed by atoms with Crippen molar-refractivity contribution >= 4 is 28.8 Å². The van der Waals surface area contributed by atoms with Crippen molar-refractivity contribution in [2.45, 2.75) is 13.5 Å². The Morgan fingerprint density at radius 1 is 1.29 bits per heavy atom. The molecule has 3 N–H and O–H groups in total. The van der Waals surface area contributed by atoms with Crippen LogP contribution in [0.5, 0.6) is 0 Å². The molecule has 2 aromatic rings. The molecule has 1 amide bonds. The minimum absolute atomic E-state index is 0.141. The number of nitrogens with zero attached hydrogens (tertiary/aromatic N) is 2. The highest BCUT2D eigenvalue weighted by molar-refractivity contribution is 7.80. The Morgan fingerprint density at radius 2 is 1.95 bits per heavy atom. The van der Waals surface area contributed by atoms with Gasteiger partial charge in [-0.2, -0.15) is 5.10 Å². The van der Waals surface area contributed by atoms with E-state index in [1.165, 1.54) is 6.07 Å². The fraction of sp³-hybridized carbons (Fsp3) is 0.143. The molecule has 0 atom stereocenters. The van der Waals surface area contributed by atoms with Gasteiger partial charge >= 0.3 is 0 Å². The van der Waals surface area contributed by atoms with E-state index in [1.54, 1.807) is 37.3 Å². The Hall–Kier alpha value is -2.54. The molecule has 6 nitrogen and oxygen atoms in total. The molecule has 1 aromatic carbocycles. The van der Waals surface area contributed by atoms with Crippen LogP contribution in [-0.2, 0) is 11.3 Å². The number of amides is 1. The van der Waals surface area contributed by atoms with E-state index in [9.17, 15) is 9.59 Å². The first kappa shape index (κ1) is 14.9. The molecular weight excluding hydrogens is 288 g/mol. The standard InChI is InChI=1S/C14H14N4O2S/c1-9-2-7-13(20)18(17-9)8-12(19)16-11-5-3-10(4-6-11)14(15)21/h2-7H,8H2,1H3,(H2,15,21)(H,16,19). The smallest absolute Gasteiger partial charge is 0.267 e. The van der Waals surface area contributed by atoms with Crippen molar-refractivity contribution in [2.75, 3.05) is 5.32 Å². The van der Waals surface area contributed by atoms with E-state index in [0.717, 1.165) is 10.2 Å². The van der Waals surface area contributed by atoms with E-state index < -0.39 is 0 Å². The number of carbonyl (C=O) groups excluding carboxylic acids is 1. The molecule has 108 valence electrons. The molecule has 1 heterocycles.